The van der Waals surface area contributed by atoms with E-state index in [9.17, 15) is 25.5 Å². The molecule has 0 saturated heterocycles. The lowest BCUT2D eigenvalue weighted by atomic mass is 9.90. The zero-order valence-electron chi connectivity index (χ0n) is 19.7. The van der Waals surface area contributed by atoms with Crippen molar-refractivity contribution in [1.29, 1.82) is 0 Å². The second-order valence-electron chi connectivity index (χ2n) is 8.78. The minimum Gasteiger partial charge on any atom is -0.394 e. The Balaban J connectivity index is 2.39. The Hall–Kier alpha value is -2.28. The summed E-state index contributed by atoms with van der Waals surface area (Å²) < 4.78 is 0. The maximum absolute atomic E-state index is 10.9. The molecule has 180 valence electrons. The predicted molar refractivity (Wildman–Crippen MR) is 128 cm³/mol. The maximum atomic E-state index is 10.9. The average molecular weight is 457 g/mol. The fraction of sp³-hybridized carbons (Fsp3) is 0.444. The van der Waals surface area contributed by atoms with Crippen LogP contribution in [0.15, 0.2) is 53.8 Å². The first-order valence-electron chi connectivity index (χ1n) is 11.1. The van der Waals surface area contributed by atoms with Crippen molar-refractivity contribution in [2.24, 2.45) is 0 Å². The van der Waals surface area contributed by atoms with E-state index in [1.807, 2.05) is 58.0 Å². The summed E-state index contributed by atoms with van der Waals surface area (Å²) in [7, 11) is 0. The second kappa shape index (κ2) is 12.3. The van der Waals surface area contributed by atoms with Crippen LogP contribution in [0, 0.1) is 27.7 Å². The summed E-state index contributed by atoms with van der Waals surface area (Å²) in [6.07, 6.45) is -6.03. The standard InChI is InChI=1S/C27H36O6/c1-16-8-10-18(3)20(12-16)6-5-7-21(14-22-13-17(2)9-11-19(22)4)24(30)26(32)27(33)25(31)23(29)15-28/h5,8-13,23-33H,6,14-15H2,1-4H3/t7?,23-,24?,25+,26+,27-/m0/s1. The quantitative estimate of drug-likeness (QED) is 0.302. The van der Waals surface area contributed by atoms with Gasteiger partial charge in [-0.1, -0.05) is 47.5 Å². The van der Waals surface area contributed by atoms with Crippen molar-refractivity contribution in [2.45, 2.75) is 71.1 Å². The first-order valence-corrected chi connectivity index (χ1v) is 11.1. The van der Waals surface area contributed by atoms with Gasteiger partial charge in [0.2, 0.25) is 0 Å². The van der Waals surface area contributed by atoms with E-state index in [2.05, 4.69) is 11.8 Å². The third-order valence-corrected chi connectivity index (χ3v) is 5.96. The topological polar surface area (TPSA) is 121 Å². The van der Waals surface area contributed by atoms with Crippen LogP contribution < -0.4 is 0 Å². The van der Waals surface area contributed by atoms with Crippen LogP contribution >= 0.6 is 0 Å². The smallest absolute Gasteiger partial charge is 0.113 e. The van der Waals surface area contributed by atoms with Crippen LogP contribution in [0.3, 0.4) is 0 Å². The molecule has 0 fully saturated rings. The van der Waals surface area contributed by atoms with Gasteiger partial charge >= 0.3 is 0 Å². The Bertz CT molecular complexity index is 992. The van der Waals surface area contributed by atoms with Gasteiger partial charge in [-0.15, -0.1) is 5.73 Å². The van der Waals surface area contributed by atoms with Gasteiger partial charge in [-0.2, -0.15) is 0 Å². The summed E-state index contributed by atoms with van der Waals surface area (Å²) >= 11 is 0. The highest BCUT2D eigenvalue weighted by atomic mass is 16.4. The van der Waals surface area contributed by atoms with Crippen molar-refractivity contribution in [3.05, 3.63) is 87.2 Å². The average Bonchev–Trinajstić information content (AvgIpc) is 2.80. The molecule has 33 heavy (non-hydrogen) atoms. The molecule has 0 bridgehead atoms. The summed E-state index contributed by atoms with van der Waals surface area (Å²) in [6, 6.07) is 12.1. The Morgan fingerprint density at radius 2 is 1.33 bits per heavy atom. The van der Waals surface area contributed by atoms with Gasteiger partial charge in [0.25, 0.3) is 0 Å². The van der Waals surface area contributed by atoms with E-state index >= 15 is 0 Å². The zero-order chi connectivity index (χ0) is 24.7. The molecule has 0 heterocycles. The SMILES string of the molecule is Cc1ccc(C)c(CC=C=C(Cc2cc(C)ccc2C)C(O)[C@@H](O)[C@@H](O)[C@H](O)[C@@H](O)CO)c1. The molecule has 2 aromatic rings. The fourth-order valence-electron chi connectivity index (χ4n) is 3.68. The minimum atomic E-state index is -1.86. The maximum Gasteiger partial charge on any atom is 0.113 e. The van der Waals surface area contributed by atoms with Gasteiger partial charge in [-0.25, -0.2) is 0 Å². The van der Waals surface area contributed by atoms with E-state index in [1.165, 1.54) is 0 Å². The number of rotatable bonds is 10. The normalized spacial score (nSPS) is 15.8. The van der Waals surface area contributed by atoms with Crippen LogP contribution in [-0.2, 0) is 12.8 Å². The van der Waals surface area contributed by atoms with Crippen LogP contribution in [0.4, 0.5) is 0 Å². The van der Waals surface area contributed by atoms with Gasteiger partial charge in [0.05, 0.1) is 6.61 Å². The molecule has 0 spiro atoms. The number of benzene rings is 2. The van der Waals surface area contributed by atoms with Gasteiger partial charge in [-0.05, 0) is 62.4 Å². The lowest BCUT2D eigenvalue weighted by Gasteiger charge is -2.29. The van der Waals surface area contributed by atoms with Gasteiger partial charge < -0.3 is 30.6 Å². The molecule has 0 aliphatic rings. The highest BCUT2D eigenvalue weighted by Crippen LogP contribution is 2.21. The number of aryl methyl sites for hydroxylation is 4. The van der Waals surface area contributed by atoms with E-state index in [-0.39, 0.29) is 6.42 Å². The molecule has 0 radical (unpaired) electrons. The number of hydrogen-bond donors (Lipinski definition) is 6. The zero-order valence-corrected chi connectivity index (χ0v) is 19.7. The molecule has 0 amide bonds. The Labute approximate surface area is 195 Å². The third-order valence-electron chi connectivity index (χ3n) is 5.96. The van der Waals surface area contributed by atoms with E-state index < -0.39 is 37.1 Å². The van der Waals surface area contributed by atoms with E-state index in [1.54, 1.807) is 6.08 Å². The second-order valence-corrected chi connectivity index (χ2v) is 8.78. The number of hydrogen-bond acceptors (Lipinski definition) is 6. The molecule has 2 rings (SSSR count). The predicted octanol–water partition coefficient (Wildman–Crippen LogP) is 1.58. The van der Waals surface area contributed by atoms with Crippen LogP contribution in [0.2, 0.25) is 0 Å². The van der Waals surface area contributed by atoms with Crippen molar-refractivity contribution in [3.8, 4) is 0 Å². The first kappa shape index (κ1) is 27.0. The van der Waals surface area contributed by atoms with Crippen molar-refractivity contribution in [3.63, 3.8) is 0 Å². The molecular weight excluding hydrogens is 420 g/mol. The number of aliphatic hydroxyl groups excluding tert-OH is 6. The highest BCUT2D eigenvalue weighted by Gasteiger charge is 2.35. The molecule has 0 aliphatic carbocycles. The van der Waals surface area contributed by atoms with Crippen molar-refractivity contribution in [1.82, 2.24) is 0 Å². The Morgan fingerprint density at radius 1 is 0.788 bits per heavy atom. The van der Waals surface area contributed by atoms with Crippen molar-refractivity contribution in [2.75, 3.05) is 6.61 Å². The monoisotopic (exact) mass is 456 g/mol. The minimum absolute atomic E-state index is 0.278. The molecular formula is C27H36O6. The van der Waals surface area contributed by atoms with Crippen molar-refractivity contribution < 1.29 is 30.6 Å². The summed E-state index contributed by atoms with van der Waals surface area (Å²) in [5, 5.41) is 60.3. The van der Waals surface area contributed by atoms with Crippen LogP contribution in [0.5, 0.6) is 0 Å². The summed E-state index contributed by atoms with van der Waals surface area (Å²) in [6.45, 7) is 7.16. The van der Waals surface area contributed by atoms with Crippen molar-refractivity contribution >= 4 is 0 Å². The summed E-state index contributed by atoms with van der Waals surface area (Å²) in [4.78, 5) is 0. The van der Waals surface area contributed by atoms with Gasteiger partial charge in [-0.3, -0.25) is 0 Å². The first-order chi connectivity index (χ1) is 15.5. The van der Waals surface area contributed by atoms with Crippen LogP contribution in [0.25, 0.3) is 0 Å². The molecule has 5 atom stereocenters. The highest BCUT2D eigenvalue weighted by molar-refractivity contribution is 5.35. The molecule has 6 heteroatoms. The van der Waals surface area contributed by atoms with E-state index in [0.717, 1.165) is 33.4 Å². The molecule has 2 aromatic carbocycles. The lowest BCUT2D eigenvalue weighted by molar-refractivity contribution is -0.134. The van der Waals surface area contributed by atoms with Crippen LogP contribution in [0.1, 0.15) is 33.4 Å². The van der Waals surface area contributed by atoms with E-state index in [4.69, 9.17) is 5.11 Å². The lowest BCUT2D eigenvalue weighted by Crippen LogP contribution is -2.50. The largest absolute Gasteiger partial charge is 0.394 e. The van der Waals surface area contributed by atoms with Gasteiger partial charge in [0.15, 0.2) is 0 Å². The Kier molecular flexibility index (Phi) is 10.0. The molecule has 6 nitrogen and oxygen atoms in total. The Morgan fingerprint density at radius 3 is 1.91 bits per heavy atom. The molecule has 0 aliphatic heterocycles. The van der Waals surface area contributed by atoms with E-state index in [0.29, 0.717) is 12.0 Å². The summed E-state index contributed by atoms with van der Waals surface area (Å²) in [5.74, 6) is 0. The molecule has 0 aromatic heterocycles. The molecule has 1 unspecified atom stereocenters. The molecule has 0 saturated carbocycles. The third kappa shape index (κ3) is 7.36. The van der Waals surface area contributed by atoms with Gasteiger partial charge in [0.1, 0.15) is 30.5 Å². The van der Waals surface area contributed by atoms with Gasteiger partial charge in [0, 0.05) is 12.0 Å². The number of aliphatic hydroxyl groups is 6. The van der Waals surface area contributed by atoms with Crippen LogP contribution in [-0.4, -0.2) is 67.8 Å². The fourth-order valence-corrected chi connectivity index (χ4v) is 3.68. The summed E-state index contributed by atoms with van der Waals surface area (Å²) in [5.41, 5.74) is 9.82. The molecule has 6 N–H and O–H groups in total.